The highest BCUT2D eigenvalue weighted by Crippen LogP contribution is 2.42. The molecule has 1 unspecified atom stereocenters. The largest absolute Gasteiger partial charge is 0.465 e. The average Bonchev–Trinajstić information content (AvgIpc) is 2.85. The number of carbonyl (C=O) groups is 2. The summed E-state index contributed by atoms with van der Waals surface area (Å²) in [5.74, 6) is -0.379. The predicted octanol–water partition coefficient (Wildman–Crippen LogP) is 8.84. The molecule has 222 valence electrons. The third-order valence-corrected chi connectivity index (χ3v) is 12.3. The van der Waals surface area contributed by atoms with Gasteiger partial charge in [0.05, 0.1) is 24.8 Å². The van der Waals surface area contributed by atoms with Gasteiger partial charge in [-0.25, -0.2) is 9.59 Å². The van der Waals surface area contributed by atoms with Gasteiger partial charge < -0.3 is 13.9 Å². The van der Waals surface area contributed by atoms with Crippen molar-refractivity contribution in [3.05, 3.63) is 70.2 Å². The Balaban J connectivity index is 2.57. The standard InChI is InChI=1S/C32H48ClNO5Si/c1-12-27(21-23-13-15-25(16-14-23)29(35)37-9)34(30(36)38-31(3,4)5)22(2)28(24-17-19-26(33)20-18-24)39-40(10,11)32(6,7)8/h13-20,22,27-28H,12,21H2,1-11H3/t22-,27-,28?/m1/s1. The topological polar surface area (TPSA) is 65.1 Å². The second-order valence-corrected chi connectivity index (χ2v) is 18.1. The monoisotopic (exact) mass is 589 g/mol. The van der Waals surface area contributed by atoms with Crippen LogP contribution in [0.25, 0.3) is 0 Å². The molecule has 0 aliphatic carbocycles. The Morgan fingerprint density at radius 2 is 1.50 bits per heavy atom. The number of methoxy groups -OCH3 is 1. The molecular formula is C32H48ClNO5Si. The second kappa shape index (κ2) is 13.5. The van der Waals surface area contributed by atoms with Gasteiger partial charge in [-0.3, -0.25) is 4.90 Å². The molecule has 0 saturated carbocycles. The van der Waals surface area contributed by atoms with Gasteiger partial charge in [-0.2, -0.15) is 0 Å². The lowest BCUT2D eigenvalue weighted by Crippen LogP contribution is -2.53. The van der Waals surface area contributed by atoms with E-state index in [1.54, 1.807) is 12.1 Å². The number of amides is 1. The first-order valence-corrected chi connectivity index (χ1v) is 17.3. The smallest absolute Gasteiger partial charge is 0.410 e. The average molecular weight is 590 g/mol. The van der Waals surface area contributed by atoms with Crippen LogP contribution in [-0.4, -0.2) is 50.1 Å². The van der Waals surface area contributed by atoms with Gasteiger partial charge in [0.1, 0.15) is 5.60 Å². The molecule has 0 aliphatic heterocycles. The summed E-state index contributed by atoms with van der Waals surface area (Å²) in [6.07, 6.45) is 0.530. The first-order chi connectivity index (χ1) is 18.4. The van der Waals surface area contributed by atoms with Gasteiger partial charge >= 0.3 is 12.1 Å². The third-order valence-electron chi connectivity index (χ3n) is 7.62. The molecule has 2 rings (SSSR count). The Hall–Kier alpha value is -2.35. The van der Waals surface area contributed by atoms with Crippen molar-refractivity contribution in [1.29, 1.82) is 0 Å². The van der Waals surface area contributed by atoms with Gasteiger partial charge in [0.2, 0.25) is 0 Å². The van der Waals surface area contributed by atoms with Crippen LogP contribution in [-0.2, 0) is 20.3 Å². The van der Waals surface area contributed by atoms with Gasteiger partial charge in [-0.05, 0) is 94.1 Å². The summed E-state index contributed by atoms with van der Waals surface area (Å²) < 4.78 is 17.9. The van der Waals surface area contributed by atoms with E-state index in [9.17, 15) is 9.59 Å². The molecule has 2 aromatic carbocycles. The number of nitrogens with zero attached hydrogens (tertiary/aromatic N) is 1. The first kappa shape index (κ1) is 33.9. The molecule has 3 atom stereocenters. The fourth-order valence-corrected chi connectivity index (χ4v) is 5.75. The van der Waals surface area contributed by atoms with Crippen LogP contribution in [0.15, 0.2) is 48.5 Å². The van der Waals surface area contributed by atoms with E-state index < -0.39 is 13.9 Å². The van der Waals surface area contributed by atoms with Gasteiger partial charge in [0.15, 0.2) is 8.32 Å². The van der Waals surface area contributed by atoms with Crippen LogP contribution in [0.3, 0.4) is 0 Å². The van der Waals surface area contributed by atoms with Crippen molar-refractivity contribution in [3.8, 4) is 0 Å². The Labute approximate surface area is 247 Å². The molecule has 0 aliphatic rings. The van der Waals surface area contributed by atoms with Gasteiger partial charge in [0, 0.05) is 11.1 Å². The van der Waals surface area contributed by atoms with E-state index >= 15 is 0 Å². The molecule has 0 heterocycles. The van der Waals surface area contributed by atoms with Crippen LogP contribution in [0.5, 0.6) is 0 Å². The second-order valence-electron chi connectivity index (χ2n) is 12.9. The first-order valence-electron chi connectivity index (χ1n) is 14.0. The summed E-state index contributed by atoms with van der Waals surface area (Å²) in [6, 6.07) is 14.5. The van der Waals surface area contributed by atoms with Crippen molar-refractivity contribution in [1.82, 2.24) is 4.90 Å². The third kappa shape index (κ3) is 9.08. The number of rotatable bonds is 10. The summed E-state index contributed by atoms with van der Waals surface area (Å²) in [5, 5.41) is 0.618. The fraction of sp³-hybridized carbons (Fsp3) is 0.562. The number of esters is 1. The summed E-state index contributed by atoms with van der Waals surface area (Å²) in [7, 11) is -0.883. The van der Waals surface area contributed by atoms with Crippen molar-refractivity contribution >= 4 is 32.0 Å². The molecule has 0 radical (unpaired) electrons. The molecule has 0 bridgehead atoms. The summed E-state index contributed by atoms with van der Waals surface area (Å²) in [5.41, 5.74) is 1.80. The zero-order valence-corrected chi connectivity index (χ0v) is 27.9. The van der Waals surface area contributed by atoms with E-state index in [0.717, 1.165) is 11.1 Å². The predicted molar refractivity (Wildman–Crippen MR) is 166 cm³/mol. The normalized spacial score (nSPS) is 14.7. The van der Waals surface area contributed by atoms with Crippen LogP contribution in [0.4, 0.5) is 4.79 Å². The number of ether oxygens (including phenoxy) is 2. The molecule has 0 spiro atoms. The van der Waals surface area contributed by atoms with Crippen LogP contribution in [0, 0.1) is 0 Å². The summed E-state index contributed by atoms with van der Waals surface area (Å²) >= 11 is 6.24. The minimum Gasteiger partial charge on any atom is -0.465 e. The molecule has 0 saturated heterocycles. The Bertz CT molecular complexity index is 1120. The molecule has 40 heavy (non-hydrogen) atoms. The highest BCUT2D eigenvalue weighted by atomic mass is 35.5. The van der Waals surface area contributed by atoms with E-state index in [4.69, 9.17) is 25.5 Å². The summed E-state index contributed by atoms with van der Waals surface area (Å²) in [4.78, 5) is 27.7. The lowest BCUT2D eigenvalue weighted by atomic mass is 9.96. The number of carbonyl (C=O) groups excluding carboxylic acids is 2. The van der Waals surface area contributed by atoms with E-state index in [1.165, 1.54) is 7.11 Å². The van der Waals surface area contributed by atoms with E-state index in [1.807, 2.05) is 69.0 Å². The summed E-state index contributed by atoms with van der Waals surface area (Å²) in [6.45, 7) is 20.8. The zero-order chi connectivity index (χ0) is 30.5. The van der Waals surface area contributed by atoms with Crippen LogP contribution in [0.1, 0.15) is 89.4 Å². The van der Waals surface area contributed by atoms with Crippen LogP contribution < -0.4 is 0 Å². The molecule has 0 fully saturated rings. The number of hydrogen-bond acceptors (Lipinski definition) is 5. The van der Waals surface area contributed by atoms with Crippen LogP contribution in [0.2, 0.25) is 23.2 Å². The molecule has 2 aromatic rings. The van der Waals surface area contributed by atoms with Gasteiger partial charge in [-0.15, -0.1) is 0 Å². The molecular weight excluding hydrogens is 542 g/mol. The van der Waals surface area contributed by atoms with Crippen molar-refractivity contribution in [3.63, 3.8) is 0 Å². The van der Waals surface area contributed by atoms with E-state index in [-0.39, 0.29) is 35.3 Å². The van der Waals surface area contributed by atoms with Crippen molar-refractivity contribution < 1.29 is 23.5 Å². The molecule has 0 aromatic heterocycles. The molecule has 0 N–H and O–H groups in total. The van der Waals surface area contributed by atoms with Crippen LogP contribution >= 0.6 is 11.6 Å². The number of halogens is 1. The fourth-order valence-electron chi connectivity index (χ4n) is 4.31. The quantitative estimate of drug-likeness (QED) is 0.204. The van der Waals surface area contributed by atoms with Crippen molar-refractivity contribution in [2.75, 3.05) is 7.11 Å². The maximum Gasteiger partial charge on any atom is 0.410 e. The van der Waals surface area contributed by atoms with E-state index in [2.05, 4.69) is 40.8 Å². The minimum absolute atomic E-state index is 0.0281. The SMILES string of the molecule is CC[C@H](Cc1ccc(C(=O)OC)cc1)N(C(=O)OC(C)(C)C)[C@H](C)C(O[Si](C)(C)C(C)(C)C)c1ccc(Cl)cc1. The van der Waals surface area contributed by atoms with Gasteiger partial charge in [-0.1, -0.05) is 63.6 Å². The maximum atomic E-state index is 13.9. The van der Waals surface area contributed by atoms with Gasteiger partial charge in [0.25, 0.3) is 0 Å². The highest BCUT2D eigenvalue weighted by Gasteiger charge is 2.43. The van der Waals surface area contributed by atoms with E-state index in [0.29, 0.717) is 23.4 Å². The lowest BCUT2D eigenvalue weighted by Gasteiger charge is -2.45. The Morgan fingerprint density at radius 1 is 0.950 bits per heavy atom. The zero-order valence-electron chi connectivity index (χ0n) is 26.1. The number of benzene rings is 2. The molecule has 6 nitrogen and oxygen atoms in total. The van der Waals surface area contributed by atoms with Crippen molar-refractivity contribution in [2.45, 2.75) is 110 Å². The molecule has 8 heteroatoms. The minimum atomic E-state index is -2.25. The highest BCUT2D eigenvalue weighted by molar-refractivity contribution is 6.74. The Kier molecular flexibility index (Phi) is 11.5. The maximum absolute atomic E-state index is 13.9. The Morgan fingerprint density at radius 3 is 1.95 bits per heavy atom. The number of hydrogen-bond donors (Lipinski definition) is 0. The lowest BCUT2D eigenvalue weighted by molar-refractivity contribution is -0.0145. The molecule has 1 amide bonds. The van der Waals surface area contributed by atoms with Crippen molar-refractivity contribution in [2.24, 2.45) is 0 Å².